The molecule has 57 heavy (non-hydrogen) atoms. The number of nitrogens with zero attached hydrogens (tertiary/aromatic N) is 2. The molecule has 3 aromatic heterocycles. The number of hydrogen-bond acceptors (Lipinski definition) is 4. The number of nitrogens with one attached hydrogen (secondary N) is 3. The van der Waals surface area contributed by atoms with E-state index in [1.165, 1.54) is 43.8 Å². The fraction of sp³-hybridized carbons (Fsp3) is 0.0588. The lowest BCUT2D eigenvalue weighted by molar-refractivity contribution is 0.203. The molecule has 0 saturated carbocycles. The van der Waals surface area contributed by atoms with Gasteiger partial charge in [0.15, 0.2) is 0 Å². The van der Waals surface area contributed by atoms with E-state index in [0.717, 1.165) is 49.8 Å². The number of furan rings is 1. The van der Waals surface area contributed by atoms with Crippen LogP contribution in [0.4, 0.5) is 0 Å². The molecule has 2 atom stereocenters. The van der Waals surface area contributed by atoms with Gasteiger partial charge in [-0.25, -0.2) is 0 Å². The Labute approximate surface area is 328 Å². The molecule has 0 spiro atoms. The van der Waals surface area contributed by atoms with E-state index in [0.29, 0.717) is 0 Å². The first-order chi connectivity index (χ1) is 28.3. The van der Waals surface area contributed by atoms with Crippen LogP contribution in [0.1, 0.15) is 35.2 Å². The van der Waals surface area contributed by atoms with Crippen molar-refractivity contribution in [2.75, 3.05) is 0 Å². The normalized spacial score (nSPS) is 17.4. The first-order valence-electron chi connectivity index (χ1n) is 19.6. The van der Waals surface area contributed by atoms with Gasteiger partial charge < -0.3 is 13.6 Å². The lowest BCUT2D eigenvalue weighted by Gasteiger charge is -2.39. The first kappa shape index (κ1) is 32.3. The summed E-state index contributed by atoms with van der Waals surface area (Å²) >= 11 is 0. The van der Waals surface area contributed by atoms with Crippen LogP contribution in [0.2, 0.25) is 0 Å². The molecule has 12 rings (SSSR count). The molecule has 8 aromatic carbocycles. The van der Waals surface area contributed by atoms with Crippen LogP contribution >= 0.6 is 0 Å². The number of aromatic nitrogens is 2. The second-order valence-electron chi connectivity index (χ2n) is 15.1. The van der Waals surface area contributed by atoms with E-state index < -0.39 is 0 Å². The van der Waals surface area contributed by atoms with Crippen LogP contribution in [0.3, 0.4) is 0 Å². The third-order valence-corrected chi connectivity index (χ3v) is 11.8. The molecule has 1 aliphatic heterocycles. The molecular weight excluding hydrogens is 699 g/mol. The lowest BCUT2D eigenvalue weighted by Crippen LogP contribution is -2.54. The minimum absolute atomic E-state index is 0.0416. The average molecular weight is 736 g/mol. The van der Waals surface area contributed by atoms with Crippen LogP contribution in [0.25, 0.3) is 76.9 Å². The highest BCUT2D eigenvalue weighted by Crippen LogP contribution is 2.44. The Morgan fingerprint density at radius 1 is 0.333 bits per heavy atom. The van der Waals surface area contributed by atoms with E-state index in [1.54, 1.807) is 0 Å². The Balaban J connectivity index is 1.09. The Hall–Kier alpha value is -6.96. The van der Waals surface area contributed by atoms with Crippen molar-refractivity contribution in [1.29, 1.82) is 0 Å². The van der Waals surface area contributed by atoms with Crippen molar-refractivity contribution >= 4 is 65.6 Å². The number of fused-ring (bicyclic) bond motifs is 10. The standard InChI is InChI=1S/C51H37N5O/c1-4-14-32(15-5-1)49-52-50(33-16-6-2-7-17-33)54-51(53-49)34-24-26-36(27-25-34)56-44-30-42-38-21-11-13-23-45(38)57-46(42)31-41(44)40-29-28-39-37-20-10-12-22-43(37)55(47(39)48(40)56)35-18-8-3-9-19-35/h1-31,49-54H. The second-order valence-corrected chi connectivity index (χ2v) is 15.1. The molecule has 0 aliphatic carbocycles. The van der Waals surface area contributed by atoms with Gasteiger partial charge in [-0.2, -0.15) is 0 Å². The molecule has 11 aromatic rings. The first-order valence-corrected chi connectivity index (χ1v) is 19.6. The Morgan fingerprint density at radius 2 is 0.825 bits per heavy atom. The Bertz CT molecular complexity index is 3230. The van der Waals surface area contributed by atoms with E-state index >= 15 is 0 Å². The highest BCUT2D eigenvalue weighted by Gasteiger charge is 2.30. The Kier molecular flexibility index (Phi) is 7.25. The van der Waals surface area contributed by atoms with Crippen molar-refractivity contribution < 1.29 is 4.42 Å². The third kappa shape index (κ3) is 5.09. The SMILES string of the molecule is c1ccc(C2NC(c3ccccc3)NC(c3ccc(-n4c5cc6c(cc5c5ccc7c8ccccc8n(-c8ccccc8)c7c54)oc4ccccc46)cc3)N2)cc1. The summed E-state index contributed by atoms with van der Waals surface area (Å²) in [4.78, 5) is 0. The summed E-state index contributed by atoms with van der Waals surface area (Å²) in [6, 6.07) is 67.4. The molecule has 4 heterocycles. The van der Waals surface area contributed by atoms with Crippen LogP contribution < -0.4 is 16.0 Å². The van der Waals surface area contributed by atoms with Gasteiger partial charge in [-0.05, 0) is 65.2 Å². The van der Waals surface area contributed by atoms with Gasteiger partial charge in [-0.15, -0.1) is 0 Å². The third-order valence-electron chi connectivity index (χ3n) is 11.8. The van der Waals surface area contributed by atoms with Gasteiger partial charge in [0.25, 0.3) is 0 Å². The van der Waals surface area contributed by atoms with E-state index in [9.17, 15) is 0 Å². The summed E-state index contributed by atoms with van der Waals surface area (Å²) in [5, 5.41) is 18.5. The van der Waals surface area contributed by atoms with E-state index in [1.807, 2.05) is 6.07 Å². The summed E-state index contributed by atoms with van der Waals surface area (Å²) in [6.07, 6.45) is -0.182. The van der Waals surface area contributed by atoms with Gasteiger partial charge in [-0.1, -0.05) is 140 Å². The van der Waals surface area contributed by atoms with E-state index in [2.05, 4.69) is 207 Å². The van der Waals surface area contributed by atoms with Crippen molar-refractivity contribution in [3.8, 4) is 11.4 Å². The van der Waals surface area contributed by atoms with Crippen LogP contribution in [0, 0.1) is 0 Å². The van der Waals surface area contributed by atoms with Gasteiger partial charge >= 0.3 is 0 Å². The highest BCUT2D eigenvalue weighted by atomic mass is 16.3. The van der Waals surface area contributed by atoms with Crippen molar-refractivity contribution in [2.45, 2.75) is 18.5 Å². The zero-order valence-corrected chi connectivity index (χ0v) is 30.9. The van der Waals surface area contributed by atoms with E-state index in [-0.39, 0.29) is 18.5 Å². The number of hydrogen-bond donors (Lipinski definition) is 3. The molecule has 0 amide bonds. The molecule has 0 bridgehead atoms. The maximum Gasteiger partial charge on any atom is 0.136 e. The fourth-order valence-electron chi connectivity index (χ4n) is 9.21. The molecule has 0 radical (unpaired) electrons. The number of rotatable bonds is 5. The van der Waals surface area contributed by atoms with Crippen molar-refractivity contribution in [1.82, 2.24) is 25.1 Å². The predicted octanol–water partition coefficient (Wildman–Crippen LogP) is 12.0. The van der Waals surface area contributed by atoms with Gasteiger partial charge in [0.1, 0.15) is 11.2 Å². The molecule has 272 valence electrons. The Morgan fingerprint density at radius 3 is 1.47 bits per heavy atom. The fourth-order valence-corrected chi connectivity index (χ4v) is 9.21. The van der Waals surface area contributed by atoms with Crippen molar-refractivity contribution in [3.63, 3.8) is 0 Å². The highest BCUT2D eigenvalue weighted by molar-refractivity contribution is 6.25. The maximum atomic E-state index is 6.48. The number of benzene rings is 8. The predicted molar refractivity (Wildman–Crippen MR) is 233 cm³/mol. The zero-order chi connectivity index (χ0) is 37.5. The largest absolute Gasteiger partial charge is 0.456 e. The molecule has 1 aliphatic rings. The maximum absolute atomic E-state index is 6.48. The molecular formula is C51H37N5O. The molecule has 6 nitrogen and oxygen atoms in total. The quantitative estimate of drug-likeness (QED) is 0.165. The van der Waals surface area contributed by atoms with Gasteiger partial charge in [-0.3, -0.25) is 16.0 Å². The number of para-hydroxylation sites is 3. The van der Waals surface area contributed by atoms with Crippen LogP contribution in [-0.2, 0) is 0 Å². The van der Waals surface area contributed by atoms with Crippen molar-refractivity contribution in [3.05, 3.63) is 205 Å². The summed E-state index contributed by atoms with van der Waals surface area (Å²) in [5.41, 5.74) is 12.2. The topological polar surface area (TPSA) is 59.1 Å². The lowest BCUT2D eigenvalue weighted by atomic mass is 10.0. The smallest absolute Gasteiger partial charge is 0.136 e. The molecule has 3 N–H and O–H groups in total. The summed E-state index contributed by atoms with van der Waals surface area (Å²) in [6.45, 7) is 0. The average Bonchev–Trinajstić information content (AvgIpc) is 3.93. The second kappa shape index (κ2) is 12.8. The molecule has 1 saturated heterocycles. The van der Waals surface area contributed by atoms with Gasteiger partial charge in [0.05, 0.1) is 40.6 Å². The molecule has 1 fully saturated rings. The van der Waals surface area contributed by atoms with E-state index in [4.69, 9.17) is 4.42 Å². The minimum Gasteiger partial charge on any atom is -0.456 e. The monoisotopic (exact) mass is 735 g/mol. The molecule has 2 unspecified atom stereocenters. The minimum atomic E-state index is -0.0990. The van der Waals surface area contributed by atoms with Crippen LogP contribution in [0.5, 0.6) is 0 Å². The van der Waals surface area contributed by atoms with Crippen LogP contribution in [0.15, 0.2) is 192 Å². The summed E-state index contributed by atoms with van der Waals surface area (Å²) in [5.74, 6) is 0. The van der Waals surface area contributed by atoms with Crippen molar-refractivity contribution in [2.24, 2.45) is 0 Å². The summed E-state index contributed by atoms with van der Waals surface area (Å²) in [7, 11) is 0. The van der Waals surface area contributed by atoms with Gasteiger partial charge in [0.2, 0.25) is 0 Å². The molecule has 6 heteroatoms. The van der Waals surface area contributed by atoms with Gasteiger partial charge in [0, 0.05) is 43.7 Å². The summed E-state index contributed by atoms with van der Waals surface area (Å²) < 4.78 is 11.4. The van der Waals surface area contributed by atoms with Crippen LogP contribution in [-0.4, -0.2) is 9.13 Å². The zero-order valence-electron chi connectivity index (χ0n) is 30.9.